The van der Waals surface area contributed by atoms with Gasteiger partial charge in [0.15, 0.2) is 0 Å². The first-order chi connectivity index (χ1) is 15.2. The number of hydrogen-bond acceptors (Lipinski definition) is 5. The van der Waals surface area contributed by atoms with E-state index in [1.807, 2.05) is 58.2 Å². The zero-order chi connectivity index (χ0) is 21.2. The average molecular weight is 418 g/mol. The van der Waals surface area contributed by atoms with E-state index in [0.29, 0.717) is 19.2 Å². The van der Waals surface area contributed by atoms with Gasteiger partial charge in [0.05, 0.1) is 18.3 Å². The van der Waals surface area contributed by atoms with Gasteiger partial charge in [0.2, 0.25) is 0 Å². The van der Waals surface area contributed by atoms with Gasteiger partial charge in [-0.25, -0.2) is 4.68 Å². The maximum Gasteiger partial charge on any atom is 0.254 e. The molecule has 2 aromatic carbocycles. The number of rotatable bonds is 5. The van der Waals surface area contributed by atoms with Crippen molar-refractivity contribution in [3.05, 3.63) is 66.4 Å². The molecule has 0 spiro atoms. The molecule has 1 aromatic heterocycles. The highest BCUT2D eigenvalue weighted by Gasteiger charge is 2.33. The Morgan fingerprint density at radius 1 is 1.00 bits per heavy atom. The number of carbonyl (C=O) groups is 1. The van der Waals surface area contributed by atoms with Crippen LogP contribution in [0.3, 0.4) is 0 Å². The SMILES string of the molecule is COC1CCN(c2ccc(C(=O)N3CC(n4cc(-c5ccccc5)nn4)C3)cc2)CC1. The van der Waals surface area contributed by atoms with E-state index in [4.69, 9.17) is 4.74 Å². The summed E-state index contributed by atoms with van der Waals surface area (Å²) in [6.07, 6.45) is 4.41. The number of aromatic nitrogens is 3. The number of methoxy groups -OCH3 is 1. The van der Waals surface area contributed by atoms with E-state index in [-0.39, 0.29) is 11.9 Å². The lowest BCUT2D eigenvalue weighted by Crippen LogP contribution is -2.50. The van der Waals surface area contributed by atoms with Crippen LogP contribution in [0.15, 0.2) is 60.8 Å². The number of carbonyl (C=O) groups excluding carboxylic acids is 1. The molecular weight excluding hydrogens is 390 g/mol. The van der Waals surface area contributed by atoms with Crippen molar-refractivity contribution in [2.75, 3.05) is 38.2 Å². The fourth-order valence-corrected chi connectivity index (χ4v) is 4.33. The number of amides is 1. The van der Waals surface area contributed by atoms with Crippen LogP contribution in [0.5, 0.6) is 0 Å². The Hall–Kier alpha value is -3.19. The van der Waals surface area contributed by atoms with E-state index in [1.165, 1.54) is 5.69 Å². The van der Waals surface area contributed by atoms with Gasteiger partial charge in [-0.3, -0.25) is 4.79 Å². The molecule has 0 aliphatic carbocycles. The maximum absolute atomic E-state index is 12.9. The highest BCUT2D eigenvalue weighted by Crippen LogP contribution is 2.26. The molecule has 1 amide bonds. The minimum absolute atomic E-state index is 0.0734. The van der Waals surface area contributed by atoms with Gasteiger partial charge >= 0.3 is 0 Å². The summed E-state index contributed by atoms with van der Waals surface area (Å²) in [7, 11) is 1.78. The third-order valence-corrected chi connectivity index (χ3v) is 6.36. The Kier molecular flexibility index (Phi) is 5.42. The van der Waals surface area contributed by atoms with E-state index in [2.05, 4.69) is 27.3 Å². The van der Waals surface area contributed by atoms with E-state index in [0.717, 1.165) is 42.8 Å². The second-order valence-corrected chi connectivity index (χ2v) is 8.28. The first-order valence-electron chi connectivity index (χ1n) is 10.9. The lowest BCUT2D eigenvalue weighted by atomic mass is 10.0. The van der Waals surface area contributed by atoms with Crippen molar-refractivity contribution in [3.63, 3.8) is 0 Å². The van der Waals surface area contributed by atoms with Crippen molar-refractivity contribution in [2.24, 2.45) is 0 Å². The van der Waals surface area contributed by atoms with Crippen LogP contribution < -0.4 is 4.90 Å². The van der Waals surface area contributed by atoms with Gasteiger partial charge in [0.1, 0.15) is 5.69 Å². The van der Waals surface area contributed by atoms with Crippen LogP contribution in [0.2, 0.25) is 0 Å². The summed E-state index contributed by atoms with van der Waals surface area (Å²) in [5, 5.41) is 8.55. The number of ether oxygens (including phenoxy) is 1. The van der Waals surface area contributed by atoms with Crippen molar-refractivity contribution >= 4 is 11.6 Å². The fourth-order valence-electron chi connectivity index (χ4n) is 4.33. The maximum atomic E-state index is 12.9. The van der Waals surface area contributed by atoms with Crippen molar-refractivity contribution in [2.45, 2.75) is 25.0 Å². The van der Waals surface area contributed by atoms with Gasteiger partial charge in [-0.1, -0.05) is 35.5 Å². The van der Waals surface area contributed by atoms with Crippen LogP contribution in [0.1, 0.15) is 29.2 Å². The highest BCUT2D eigenvalue weighted by atomic mass is 16.5. The average Bonchev–Trinajstić information content (AvgIpc) is 3.28. The van der Waals surface area contributed by atoms with Crippen LogP contribution in [0, 0.1) is 0 Å². The molecule has 0 radical (unpaired) electrons. The summed E-state index contributed by atoms with van der Waals surface area (Å²) in [5.41, 5.74) is 3.81. The molecule has 0 N–H and O–H groups in total. The summed E-state index contributed by atoms with van der Waals surface area (Å²) >= 11 is 0. The normalized spacial score (nSPS) is 17.6. The van der Waals surface area contributed by atoms with Gasteiger partial charge in [-0.05, 0) is 37.1 Å². The zero-order valence-corrected chi connectivity index (χ0v) is 17.7. The Balaban J connectivity index is 1.17. The van der Waals surface area contributed by atoms with Crippen LogP contribution in [-0.2, 0) is 4.74 Å². The summed E-state index contributed by atoms with van der Waals surface area (Å²) in [5.74, 6) is 0.0734. The molecule has 3 aromatic rings. The molecule has 31 heavy (non-hydrogen) atoms. The molecule has 0 saturated carbocycles. The molecule has 7 nitrogen and oxygen atoms in total. The lowest BCUT2D eigenvalue weighted by molar-refractivity contribution is 0.0498. The largest absolute Gasteiger partial charge is 0.381 e. The van der Waals surface area contributed by atoms with E-state index < -0.39 is 0 Å². The monoisotopic (exact) mass is 417 g/mol. The number of anilines is 1. The topological polar surface area (TPSA) is 63.5 Å². The summed E-state index contributed by atoms with van der Waals surface area (Å²) in [6.45, 7) is 3.29. The van der Waals surface area contributed by atoms with Gasteiger partial charge in [-0.15, -0.1) is 5.10 Å². The van der Waals surface area contributed by atoms with Crippen LogP contribution in [0.4, 0.5) is 5.69 Å². The predicted octanol–water partition coefficient (Wildman–Crippen LogP) is 3.26. The molecule has 5 rings (SSSR count). The van der Waals surface area contributed by atoms with E-state index in [9.17, 15) is 4.79 Å². The molecule has 0 atom stereocenters. The summed E-state index contributed by atoms with van der Waals surface area (Å²) in [6, 6.07) is 18.2. The third kappa shape index (κ3) is 4.05. The second kappa shape index (κ2) is 8.51. The Bertz CT molecular complexity index is 1020. The minimum Gasteiger partial charge on any atom is -0.381 e. The predicted molar refractivity (Wildman–Crippen MR) is 119 cm³/mol. The molecule has 3 heterocycles. The number of benzene rings is 2. The van der Waals surface area contributed by atoms with Gasteiger partial charge < -0.3 is 14.5 Å². The summed E-state index contributed by atoms with van der Waals surface area (Å²) in [4.78, 5) is 17.1. The lowest BCUT2D eigenvalue weighted by Gasteiger charge is -2.39. The van der Waals surface area contributed by atoms with Crippen molar-refractivity contribution in [1.82, 2.24) is 19.9 Å². The molecule has 160 valence electrons. The molecule has 2 saturated heterocycles. The highest BCUT2D eigenvalue weighted by molar-refractivity contribution is 5.95. The van der Waals surface area contributed by atoms with E-state index in [1.54, 1.807) is 7.11 Å². The number of hydrogen-bond donors (Lipinski definition) is 0. The standard InChI is InChI=1S/C24H27N5O2/c1-31-22-11-13-27(14-12-22)20-9-7-19(8-10-20)24(30)28-15-21(16-28)29-17-23(25-26-29)18-5-3-2-4-6-18/h2-10,17,21-22H,11-16H2,1H3. The third-order valence-electron chi connectivity index (χ3n) is 6.36. The van der Waals surface area contributed by atoms with Gasteiger partial charge in [0, 0.05) is 50.1 Å². The number of nitrogens with zero attached hydrogens (tertiary/aromatic N) is 5. The molecule has 2 aliphatic heterocycles. The molecule has 0 bridgehead atoms. The van der Waals surface area contributed by atoms with Gasteiger partial charge in [0.25, 0.3) is 5.91 Å². The second-order valence-electron chi connectivity index (χ2n) is 8.28. The van der Waals surface area contributed by atoms with Crippen LogP contribution >= 0.6 is 0 Å². The first kappa shape index (κ1) is 19.8. The quantitative estimate of drug-likeness (QED) is 0.638. The van der Waals surface area contributed by atoms with Crippen molar-refractivity contribution in [1.29, 1.82) is 0 Å². The van der Waals surface area contributed by atoms with Gasteiger partial charge in [-0.2, -0.15) is 0 Å². The molecule has 7 heteroatoms. The van der Waals surface area contributed by atoms with Crippen LogP contribution in [0.25, 0.3) is 11.3 Å². The Labute approximate surface area is 182 Å². The molecule has 2 fully saturated rings. The fraction of sp³-hybridized carbons (Fsp3) is 0.375. The minimum atomic E-state index is 0.0734. The molecule has 0 unspecified atom stereocenters. The summed E-state index contributed by atoms with van der Waals surface area (Å²) < 4.78 is 7.32. The zero-order valence-electron chi connectivity index (χ0n) is 17.7. The van der Waals surface area contributed by atoms with Crippen molar-refractivity contribution < 1.29 is 9.53 Å². The molecule has 2 aliphatic rings. The number of piperidine rings is 1. The van der Waals surface area contributed by atoms with Crippen molar-refractivity contribution in [3.8, 4) is 11.3 Å². The first-order valence-corrected chi connectivity index (χ1v) is 10.9. The van der Waals surface area contributed by atoms with E-state index >= 15 is 0 Å². The Morgan fingerprint density at radius 3 is 2.39 bits per heavy atom. The number of likely N-dealkylation sites (tertiary alicyclic amines) is 1. The Morgan fingerprint density at radius 2 is 1.71 bits per heavy atom. The smallest absolute Gasteiger partial charge is 0.254 e. The molecular formula is C24H27N5O2. The van der Waals surface area contributed by atoms with Crippen LogP contribution in [-0.4, -0.2) is 65.2 Å².